The fourth-order valence-electron chi connectivity index (χ4n) is 2.99. The van der Waals surface area contributed by atoms with Crippen LogP contribution in [0.5, 0.6) is 5.75 Å². The van der Waals surface area contributed by atoms with Gasteiger partial charge in [-0.15, -0.1) is 0 Å². The number of allylic oxidation sites excluding steroid dienone is 2. The molecule has 1 aromatic heterocycles. The standard InChI is InChI=1S/C20H22N2O4/c1-12-13(8-16(24)10-19(12)25)2-5-20(26)21-7-6-14-11-22-18-4-3-15(23)9-17(14)18/h2-5,8-12,19,22-25H,6-7H2,1H3,(H,21,26)/b5-2+. The number of aromatic hydroxyl groups is 1. The zero-order chi connectivity index (χ0) is 18.7. The molecular weight excluding hydrogens is 332 g/mol. The smallest absolute Gasteiger partial charge is 0.243 e. The van der Waals surface area contributed by atoms with E-state index >= 15 is 0 Å². The van der Waals surface area contributed by atoms with Crippen molar-refractivity contribution in [1.82, 2.24) is 10.3 Å². The first kappa shape index (κ1) is 17.8. The van der Waals surface area contributed by atoms with Crippen LogP contribution in [0, 0.1) is 5.92 Å². The van der Waals surface area contributed by atoms with Gasteiger partial charge in [0.15, 0.2) is 0 Å². The van der Waals surface area contributed by atoms with Crippen LogP contribution >= 0.6 is 0 Å². The molecule has 0 fully saturated rings. The van der Waals surface area contributed by atoms with E-state index < -0.39 is 6.10 Å². The van der Waals surface area contributed by atoms with Crippen molar-refractivity contribution in [3.05, 3.63) is 65.6 Å². The van der Waals surface area contributed by atoms with E-state index in [-0.39, 0.29) is 23.3 Å². The number of carbonyl (C=O) groups is 1. The Hall–Kier alpha value is -2.99. The summed E-state index contributed by atoms with van der Waals surface area (Å²) in [4.78, 5) is 15.1. The number of carbonyl (C=O) groups excluding carboxylic acids is 1. The lowest BCUT2D eigenvalue weighted by Crippen LogP contribution is -2.24. The summed E-state index contributed by atoms with van der Waals surface area (Å²) in [5.74, 6) is -0.226. The number of aromatic amines is 1. The minimum atomic E-state index is -0.763. The molecule has 1 aliphatic rings. The van der Waals surface area contributed by atoms with Gasteiger partial charge in [0.05, 0.1) is 6.10 Å². The molecule has 2 aromatic rings. The van der Waals surface area contributed by atoms with Crippen molar-refractivity contribution in [3.8, 4) is 5.75 Å². The van der Waals surface area contributed by atoms with Crippen molar-refractivity contribution in [1.29, 1.82) is 0 Å². The molecule has 136 valence electrons. The monoisotopic (exact) mass is 354 g/mol. The molecule has 1 aliphatic carbocycles. The number of H-pyrrole nitrogens is 1. The van der Waals surface area contributed by atoms with Gasteiger partial charge in [-0.3, -0.25) is 4.79 Å². The summed E-state index contributed by atoms with van der Waals surface area (Å²) in [5.41, 5.74) is 2.65. The maximum atomic E-state index is 12.0. The van der Waals surface area contributed by atoms with Crippen LogP contribution in [0.1, 0.15) is 12.5 Å². The highest BCUT2D eigenvalue weighted by Crippen LogP contribution is 2.24. The van der Waals surface area contributed by atoms with Gasteiger partial charge in [0.1, 0.15) is 11.5 Å². The van der Waals surface area contributed by atoms with E-state index in [1.807, 2.05) is 19.2 Å². The van der Waals surface area contributed by atoms with Crippen molar-refractivity contribution in [2.75, 3.05) is 6.54 Å². The zero-order valence-corrected chi connectivity index (χ0v) is 14.4. The number of phenolic OH excluding ortho intramolecular Hbond substituents is 1. The number of aromatic nitrogens is 1. The van der Waals surface area contributed by atoms with Gasteiger partial charge in [-0.2, -0.15) is 0 Å². The third kappa shape index (κ3) is 3.97. The van der Waals surface area contributed by atoms with Crippen LogP contribution in [0.3, 0.4) is 0 Å². The lowest BCUT2D eigenvalue weighted by Gasteiger charge is -2.21. The SMILES string of the molecule is CC1C(/C=C/C(=O)NCCc2c[nH]c3ccc(O)cc23)=CC(O)=CC1O. The number of phenols is 1. The van der Waals surface area contributed by atoms with Gasteiger partial charge in [-0.25, -0.2) is 0 Å². The topological polar surface area (TPSA) is 106 Å². The molecule has 0 spiro atoms. The number of amides is 1. The van der Waals surface area contributed by atoms with E-state index in [0.717, 1.165) is 16.5 Å². The van der Waals surface area contributed by atoms with E-state index in [0.29, 0.717) is 18.5 Å². The summed E-state index contributed by atoms with van der Waals surface area (Å²) in [6.45, 7) is 2.28. The molecule has 26 heavy (non-hydrogen) atoms. The molecule has 3 rings (SSSR count). The lowest BCUT2D eigenvalue weighted by atomic mass is 9.90. The molecule has 1 heterocycles. The first-order valence-corrected chi connectivity index (χ1v) is 8.49. The van der Waals surface area contributed by atoms with Gasteiger partial charge in [0.2, 0.25) is 5.91 Å². The Morgan fingerprint density at radius 1 is 1.35 bits per heavy atom. The van der Waals surface area contributed by atoms with E-state index in [2.05, 4.69) is 10.3 Å². The first-order chi connectivity index (χ1) is 12.4. The summed E-state index contributed by atoms with van der Waals surface area (Å²) >= 11 is 0. The molecule has 1 amide bonds. The van der Waals surface area contributed by atoms with Crippen molar-refractivity contribution in [2.24, 2.45) is 5.92 Å². The van der Waals surface area contributed by atoms with Crippen molar-refractivity contribution in [2.45, 2.75) is 19.4 Å². The maximum Gasteiger partial charge on any atom is 0.243 e. The van der Waals surface area contributed by atoms with Gasteiger partial charge in [-0.05, 0) is 47.9 Å². The Bertz CT molecular complexity index is 908. The molecule has 5 N–H and O–H groups in total. The minimum absolute atomic E-state index is 0.00162. The van der Waals surface area contributed by atoms with Gasteiger partial charge >= 0.3 is 0 Å². The van der Waals surface area contributed by atoms with Crippen LogP contribution in [0.15, 0.2) is 60.0 Å². The molecule has 0 saturated heterocycles. The molecule has 0 saturated carbocycles. The fraction of sp³-hybridized carbons (Fsp3) is 0.250. The molecule has 0 aliphatic heterocycles. The summed E-state index contributed by atoms with van der Waals surface area (Å²) in [5, 5.41) is 32.7. The van der Waals surface area contributed by atoms with Crippen molar-refractivity contribution in [3.63, 3.8) is 0 Å². The van der Waals surface area contributed by atoms with Crippen LogP contribution in [0.2, 0.25) is 0 Å². The van der Waals surface area contributed by atoms with E-state index in [1.165, 1.54) is 12.2 Å². The van der Waals surface area contributed by atoms with Gasteiger partial charge < -0.3 is 25.6 Å². The molecular formula is C20H22N2O4. The van der Waals surface area contributed by atoms with E-state index in [4.69, 9.17) is 0 Å². The number of aliphatic hydroxyl groups is 2. The van der Waals surface area contributed by atoms with E-state index in [9.17, 15) is 20.1 Å². The Kier molecular flexibility index (Phi) is 5.14. The molecule has 2 atom stereocenters. The fourth-order valence-corrected chi connectivity index (χ4v) is 2.99. The second kappa shape index (κ2) is 7.49. The zero-order valence-electron chi connectivity index (χ0n) is 14.4. The summed E-state index contributed by atoms with van der Waals surface area (Å²) in [6.07, 6.45) is 7.66. The molecule has 6 heteroatoms. The highest BCUT2D eigenvalue weighted by molar-refractivity contribution is 5.88. The third-order valence-corrected chi connectivity index (χ3v) is 4.57. The lowest BCUT2D eigenvalue weighted by molar-refractivity contribution is -0.116. The van der Waals surface area contributed by atoms with Crippen LogP contribution in [-0.2, 0) is 11.2 Å². The van der Waals surface area contributed by atoms with Crippen LogP contribution in [0.25, 0.3) is 10.9 Å². The highest BCUT2D eigenvalue weighted by Gasteiger charge is 2.20. The molecule has 1 aromatic carbocycles. The molecule has 0 bridgehead atoms. The average Bonchev–Trinajstić information content (AvgIpc) is 2.99. The predicted octanol–water partition coefficient (Wildman–Crippen LogP) is 2.47. The first-order valence-electron chi connectivity index (χ1n) is 8.49. The van der Waals surface area contributed by atoms with Crippen molar-refractivity contribution < 1.29 is 20.1 Å². The summed E-state index contributed by atoms with van der Waals surface area (Å²) < 4.78 is 0. The second-order valence-corrected chi connectivity index (χ2v) is 6.43. The predicted molar refractivity (Wildman–Crippen MR) is 99.8 cm³/mol. The van der Waals surface area contributed by atoms with Gasteiger partial charge in [-0.1, -0.05) is 13.0 Å². The summed E-state index contributed by atoms with van der Waals surface area (Å²) in [6, 6.07) is 5.14. The Morgan fingerprint density at radius 2 is 2.15 bits per heavy atom. The molecule has 6 nitrogen and oxygen atoms in total. The average molecular weight is 354 g/mol. The summed E-state index contributed by atoms with van der Waals surface area (Å²) in [7, 11) is 0. The van der Waals surface area contributed by atoms with E-state index in [1.54, 1.807) is 24.3 Å². The Balaban J connectivity index is 1.56. The minimum Gasteiger partial charge on any atom is -0.508 e. The number of hydrogen-bond acceptors (Lipinski definition) is 4. The third-order valence-electron chi connectivity index (χ3n) is 4.57. The number of fused-ring (bicyclic) bond motifs is 1. The largest absolute Gasteiger partial charge is 0.508 e. The number of benzene rings is 1. The maximum absolute atomic E-state index is 12.0. The van der Waals surface area contributed by atoms with Crippen LogP contribution in [0.4, 0.5) is 0 Å². The Labute approximate surface area is 151 Å². The Morgan fingerprint density at radius 3 is 2.96 bits per heavy atom. The number of rotatable bonds is 5. The number of hydrogen-bond donors (Lipinski definition) is 5. The highest BCUT2D eigenvalue weighted by atomic mass is 16.3. The number of nitrogens with one attached hydrogen (secondary N) is 2. The molecule has 2 unspecified atom stereocenters. The van der Waals surface area contributed by atoms with Crippen LogP contribution in [-0.4, -0.2) is 38.9 Å². The van der Waals surface area contributed by atoms with Gasteiger partial charge in [0, 0.05) is 35.6 Å². The quantitative estimate of drug-likeness (QED) is 0.532. The van der Waals surface area contributed by atoms with Crippen molar-refractivity contribution >= 4 is 16.8 Å². The number of aliphatic hydroxyl groups excluding tert-OH is 2. The van der Waals surface area contributed by atoms with Gasteiger partial charge in [0.25, 0.3) is 0 Å². The second-order valence-electron chi connectivity index (χ2n) is 6.43. The molecule has 0 radical (unpaired) electrons. The normalized spacial score (nSPS) is 20.2. The van der Waals surface area contributed by atoms with Crippen LogP contribution < -0.4 is 5.32 Å².